The molecule has 0 saturated heterocycles. The fourth-order valence-corrected chi connectivity index (χ4v) is 1.86. The van der Waals surface area contributed by atoms with Gasteiger partial charge < -0.3 is 9.88 Å². The molecule has 0 fully saturated rings. The van der Waals surface area contributed by atoms with E-state index >= 15 is 0 Å². The van der Waals surface area contributed by atoms with Crippen LogP contribution >= 0.6 is 0 Å². The van der Waals surface area contributed by atoms with Gasteiger partial charge in [0, 0.05) is 31.0 Å². The van der Waals surface area contributed by atoms with Crippen LogP contribution in [-0.4, -0.2) is 22.0 Å². The summed E-state index contributed by atoms with van der Waals surface area (Å²) in [5.41, 5.74) is 1.16. The van der Waals surface area contributed by atoms with Crippen LogP contribution in [-0.2, 0) is 6.54 Å². The molecule has 1 heterocycles. The number of rotatable bonds is 5. The summed E-state index contributed by atoms with van der Waals surface area (Å²) in [5.74, 6) is -0.489. The molecule has 1 aromatic carbocycles. The van der Waals surface area contributed by atoms with Crippen molar-refractivity contribution in [3.05, 3.63) is 53.9 Å². The number of amides is 1. The summed E-state index contributed by atoms with van der Waals surface area (Å²) in [6, 6.07) is 4.17. The Labute approximate surface area is 111 Å². The van der Waals surface area contributed by atoms with Crippen LogP contribution in [0.5, 0.6) is 0 Å². The van der Waals surface area contributed by atoms with Gasteiger partial charge in [0.15, 0.2) is 0 Å². The second kappa shape index (κ2) is 6.13. The van der Waals surface area contributed by atoms with Crippen LogP contribution in [0, 0.1) is 12.7 Å². The Balaban J connectivity index is 1.81. The molecule has 5 heteroatoms. The molecular formula is C14H16FN3O. The van der Waals surface area contributed by atoms with E-state index in [1.165, 1.54) is 18.2 Å². The smallest absolute Gasteiger partial charge is 0.251 e. The molecule has 4 nitrogen and oxygen atoms in total. The first-order valence-electron chi connectivity index (χ1n) is 6.17. The number of benzene rings is 1. The second-order valence-corrected chi connectivity index (χ2v) is 4.37. The van der Waals surface area contributed by atoms with E-state index in [2.05, 4.69) is 10.3 Å². The Morgan fingerprint density at radius 1 is 1.47 bits per heavy atom. The van der Waals surface area contributed by atoms with Crippen LogP contribution in [0.25, 0.3) is 0 Å². The standard InChI is InChI=1S/C14H16FN3O/c1-11-9-12(15)3-4-13(11)14(19)17-5-2-7-18-8-6-16-10-18/h3-4,6,8-10H,2,5,7H2,1H3,(H,17,19). The van der Waals surface area contributed by atoms with Crippen LogP contribution < -0.4 is 5.32 Å². The van der Waals surface area contributed by atoms with Gasteiger partial charge in [0.1, 0.15) is 5.82 Å². The monoisotopic (exact) mass is 261 g/mol. The maximum atomic E-state index is 12.9. The molecule has 0 radical (unpaired) electrons. The molecule has 1 N–H and O–H groups in total. The molecule has 0 aliphatic heterocycles. The number of halogens is 1. The van der Waals surface area contributed by atoms with Gasteiger partial charge in [-0.1, -0.05) is 0 Å². The highest BCUT2D eigenvalue weighted by atomic mass is 19.1. The lowest BCUT2D eigenvalue weighted by molar-refractivity contribution is 0.0952. The predicted octanol–water partition coefficient (Wildman–Crippen LogP) is 2.15. The van der Waals surface area contributed by atoms with Crippen molar-refractivity contribution in [3.8, 4) is 0 Å². The summed E-state index contributed by atoms with van der Waals surface area (Å²) in [6.45, 7) is 3.11. The molecule has 1 amide bonds. The van der Waals surface area contributed by atoms with Gasteiger partial charge in [-0.2, -0.15) is 0 Å². The zero-order valence-electron chi connectivity index (χ0n) is 10.8. The van der Waals surface area contributed by atoms with E-state index in [0.717, 1.165) is 13.0 Å². The first-order valence-corrected chi connectivity index (χ1v) is 6.17. The Bertz CT molecular complexity index is 552. The van der Waals surface area contributed by atoms with Gasteiger partial charge in [0.25, 0.3) is 5.91 Å². The van der Waals surface area contributed by atoms with E-state index in [0.29, 0.717) is 17.7 Å². The number of imidazole rings is 1. The largest absolute Gasteiger partial charge is 0.352 e. The van der Waals surface area contributed by atoms with Crippen LogP contribution in [0.1, 0.15) is 22.3 Å². The fraction of sp³-hybridized carbons (Fsp3) is 0.286. The third kappa shape index (κ3) is 3.64. The fourth-order valence-electron chi connectivity index (χ4n) is 1.86. The molecule has 0 saturated carbocycles. The summed E-state index contributed by atoms with van der Waals surface area (Å²) in [5, 5.41) is 2.83. The van der Waals surface area contributed by atoms with Gasteiger partial charge >= 0.3 is 0 Å². The van der Waals surface area contributed by atoms with E-state index in [1.54, 1.807) is 19.4 Å². The van der Waals surface area contributed by atoms with Gasteiger partial charge in [-0.15, -0.1) is 0 Å². The normalized spacial score (nSPS) is 10.4. The maximum absolute atomic E-state index is 12.9. The minimum absolute atomic E-state index is 0.164. The lowest BCUT2D eigenvalue weighted by Gasteiger charge is -2.08. The summed E-state index contributed by atoms with van der Waals surface area (Å²) < 4.78 is 14.9. The lowest BCUT2D eigenvalue weighted by Crippen LogP contribution is -2.25. The molecule has 0 unspecified atom stereocenters. The lowest BCUT2D eigenvalue weighted by atomic mass is 10.1. The minimum Gasteiger partial charge on any atom is -0.352 e. The number of nitrogens with one attached hydrogen (secondary N) is 1. The van der Waals surface area contributed by atoms with Crippen LogP contribution in [0.3, 0.4) is 0 Å². The van der Waals surface area contributed by atoms with Crippen LogP contribution in [0.2, 0.25) is 0 Å². The SMILES string of the molecule is Cc1cc(F)ccc1C(=O)NCCCn1ccnc1. The highest BCUT2D eigenvalue weighted by Crippen LogP contribution is 2.09. The van der Waals surface area contributed by atoms with Gasteiger partial charge in [0.05, 0.1) is 6.33 Å². The summed E-state index contributed by atoms with van der Waals surface area (Å²) >= 11 is 0. The third-order valence-corrected chi connectivity index (χ3v) is 2.87. The number of carbonyl (C=O) groups excluding carboxylic acids is 1. The summed E-state index contributed by atoms with van der Waals surface area (Å²) in [7, 11) is 0. The average molecular weight is 261 g/mol. The van der Waals surface area contributed by atoms with Crippen molar-refractivity contribution >= 4 is 5.91 Å². The molecule has 0 aliphatic carbocycles. The highest BCUT2D eigenvalue weighted by molar-refractivity contribution is 5.95. The van der Waals surface area contributed by atoms with Crippen molar-refractivity contribution in [1.82, 2.24) is 14.9 Å². The van der Waals surface area contributed by atoms with E-state index in [-0.39, 0.29) is 11.7 Å². The first-order chi connectivity index (χ1) is 9.16. The molecule has 0 aliphatic rings. The van der Waals surface area contributed by atoms with E-state index < -0.39 is 0 Å². The van der Waals surface area contributed by atoms with Crippen molar-refractivity contribution in [1.29, 1.82) is 0 Å². The van der Waals surface area contributed by atoms with Gasteiger partial charge in [-0.25, -0.2) is 9.37 Å². The molecule has 0 bridgehead atoms. The van der Waals surface area contributed by atoms with E-state index in [1.807, 2.05) is 10.8 Å². The number of carbonyl (C=O) groups is 1. The zero-order chi connectivity index (χ0) is 13.7. The molecule has 1 aromatic heterocycles. The molecular weight excluding hydrogens is 245 g/mol. The quantitative estimate of drug-likeness (QED) is 0.838. The molecule has 19 heavy (non-hydrogen) atoms. The number of hydrogen-bond acceptors (Lipinski definition) is 2. The van der Waals surface area contributed by atoms with Crippen molar-refractivity contribution in [2.24, 2.45) is 0 Å². The maximum Gasteiger partial charge on any atom is 0.251 e. The molecule has 0 spiro atoms. The summed E-state index contributed by atoms with van der Waals surface area (Å²) in [6.07, 6.45) is 6.17. The molecule has 2 aromatic rings. The molecule has 2 rings (SSSR count). The van der Waals surface area contributed by atoms with Gasteiger partial charge in [-0.3, -0.25) is 4.79 Å². The van der Waals surface area contributed by atoms with Crippen molar-refractivity contribution in [2.45, 2.75) is 19.9 Å². The van der Waals surface area contributed by atoms with Gasteiger partial charge in [0.2, 0.25) is 0 Å². The first kappa shape index (κ1) is 13.3. The average Bonchev–Trinajstić information content (AvgIpc) is 2.87. The highest BCUT2D eigenvalue weighted by Gasteiger charge is 2.08. The molecule has 0 atom stereocenters. The second-order valence-electron chi connectivity index (χ2n) is 4.37. The molecule has 100 valence electrons. The Morgan fingerprint density at radius 3 is 3.00 bits per heavy atom. The Kier molecular flexibility index (Phi) is 4.28. The van der Waals surface area contributed by atoms with Crippen molar-refractivity contribution < 1.29 is 9.18 Å². The van der Waals surface area contributed by atoms with Gasteiger partial charge in [-0.05, 0) is 37.1 Å². The Hall–Kier alpha value is -2.17. The zero-order valence-corrected chi connectivity index (χ0v) is 10.8. The Morgan fingerprint density at radius 2 is 2.32 bits per heavy atom. The number of hydrogen-bond donors (Lipinski definition) is 1. The third-order valence-electron chi connectivity index (χ3n) is 2.87. The number of aromatic nitrogens is 2. The number of aryl methyl sites for hydroxylation is 2. The van der Waals surface area contributed by atoms with E-state index in [4.69, 9.17) is 0 Å². The number of nitrogens with zero attached hydrogens (tertiary/aromatic N) is 2. The van der Waals surface area contributed by atoms with E-state index in [9.17, 15) is 9.18 Å². The summed E-state index contributed by atoms with van der Waals surface area (Å²) in [4.78, 5) is 15.8. The predicted molar refractivity (Wildman–Crippen MR) is 70.3 cm³/mol. The van der Waals surface area contributed by atoms with Crippen LogP contribution in [0.4, 0.5) is 4.39 Å². The minimum atomic E-state index is -0.325. The van der Waals surface area contributed by atoms with Crippen molar-refractivity contribution in [3.63, 3.8) is 0 Å². The van der Waals surface area contributed by atoms with Crippen molar-refractivity contribution in [2.75, 3.05) is 6.54 Å². The topological polar surface area (TPSA) is 46.9 Å². The van der Waals surface area contributed by atoms with Crippen LogP contribution in [0.15, 0.2) is 36.9 Å².